The highest BCUT2D eigenvalue weighted by molar-refractivity contribution is 6.33. The van der Waals surface area contributed by atoms with Crippen molar-refractivity contribution in [3.63, 3.8) is 0 Å². The van der Waals surface area contributed by atoms with Crippen LogP contribution < -0.4 is 5.73 Å². The molecule has 1 aromatic carbocycles. The third-order valence-corrected chi connectivity index (χ3v) is 4.02. The molecule has 0 aliphatic heterocycles. The number of halogens is 1. The van der Waals surface area contributed by atoms with E-state index in [4.69, 9.17) is 17.3 Å². The predicted octanol–water partition coefficient (Wildman–Crippen LogP) is 3.33. The summed E-state index contributed by atoms with van der Waals surface area (Å²) in [5, 5.41) is 4.95. The lowest BCUT2D eigenvalue weighted by Gasteiger charge is -2.06. The lowest BCUT2D eigenvalue weighted by molar-refractivity contribution is 0.771. The predicted molar refractivity (Wildman–Crippen MR) is 94.4 cm³/mol. The van der Waals surface area contributed by atoms with Gasteiger partial charge in [-0.2, -0.15) is 5.10 Å². The quantitative estimate of drug-likeness (QED) is 0.607. The lowest BCUT2D eigenvalue weighted by Crippen LogP contribution is -1.97. The smallest absolute Gasteiger partial charge is 0.143 e. The van der Waals surface area contributed by atoms with Crippen LogP contribution in [0, 0.1) is 0 Å². The van der Waals surface area contributed by atoms with Crippen molar-refractivity contribution in [1.29, 1.82) is 0 Å². The third-order valence-electron chi connectivity index (χ3n) is 3.72. The van der Waals surface area contributed by atoms with Crippen molar-refractivity contribution >= 4 is 28.5 Å². The molecule has 0 amide bonds. The first kappa shape index (κ1) is 14.6. The van der Waals surface area contributed by atoms with Crippen molar-refractivity contribution < 1.29 is 0 Å². The molecule has 2 N–H and O–H groups in total. The van der Waals surface area contributed by atoms with Crippen LogP contribution >= 0.6 is 11.6 Å². The number of rotatable bonds is 2. The standard InChI is InChI=1S/C17H13ClN6/c1-24-8-11(14(23-24)10-5-3-2-4-6-10)15-16-13(20-9-21-15)7-12(18)17(19)22-16/h2-9H,1H3,(H2,19,22). The summed E-state index contributed by atoms with van der Waals surface area (Å²) in [5.74, 6) is 0.255. The highest BCUT2D eigenvalue weighted by Crippen LogP contribution is 2.33. The van der Waals surface area contributed by atoms with E-state index in [-0.39, 0.29) is 5.82 Å². The van der Waals surface area contributed by atoms with Crippen molar-refractivity contribution in [2.75, 3.05) is 5.73 Å². The number of anilines is 1. The summed E-state index contributed by atoms with van der Waals surface area (Å²) in [4.78, 5) is 13.0. The summed E-state index contributed by atoms with van der Waals surface area (Å²) < 4.78 is 1.75. The van der Waals surface area contributed by atoms with Crippen LogP contribution in [0.25, 0.3) is 33.5 Å². The Bertz CT molecular complexity index is 1040. The molecule has 4 rings (SSSR count). The maximum Gasteiger partial charge on any atom is 0.143 e. The van der Waals surface area contributed by atoms with Gasteiger partial charge in [0.05, 0.1) is 10.5 Å². The van der Waals surface area contributed by atoms with Gasteiger partial charge in [0.1, 0.15) is 29.0 Å². The number of fused-ring (bicyclic) bond motifs is 1. The van der Waals surface area contributed by atoms with E-state index in [1.54, 1.807) is 10.7 Å². The summed E-state index contributed by atoms with van der Waals surface area (Å²) >= 11 is 6.05. The highest BCUT2D eigenvalue weighted by atomic mass is 35.5. The zero-order chi connectivity index (χ0) is 16.7. The third kappa shape index (κ3) is 2.37. The minimum Gasteiger partial charge on any atom is -0.382 e. The minimum absolute atomic E-state index is 0.255. The maximum atomic E-state index is 6.05. The van der Waals surface area contributed by atoms with E-state index >= 15 is 0 Å². The average Bonchev–Trinajstić information content (AvgIpc) is 2.98. The maximum absolute atomic E-state index is 6.05. The summed E-state index contributed by atoms with van der Waals surface area (Å²) in [7, 11) is 1.87. The van der Waals surface area contributed by atoms with Gasteiger partial charge in [0.15, 0.2) is 0 Å². The molecule has 0 aliphatic rings. The molecule has 0 radical (unpaired) electrons. The Balaban J connectivity index is 2.01. The van der Waals surface area contributed by atoms with Gasteiger partial charge in [-0.15, -0.1) is 0 Å². The molecule has 4 aromatic rings. The first-order chi connectivity index (χ1) is 11.6. The van der Waals surface area contributed by atoms with E-state index in [2.05, 4.69) is 20.1 Å². The number of hydrogen-bond acceptors (Lipinski definition) is 5. The second kappa shape index (κ2) is 5.58. The Hall–Kier alpha value is -2.99. The minimum atomic E-state index is 0.255. The summed E-state index contributed by atoms with van der Waals surface area (Å²) in [6, 6.07) is 11.6. The SMILES string of the molecule is Cn1cc(-c2ncnc3cc(Cl)c(N)nc23)c(-c2ccccc2)n1. The molecule has 0 fully saturated rings. The topological polar surface area (TPSA) is 82.5 Å². The number of nitrogen functional groups attached to an aromatic ring is 1. The van der Waals surface area contributed by atoms with Gasteiger partial charge >= 0.3 is 0 Å². The Morgan fingerprint density at radius 1 is 1.08 bits per heavy atom. The Labute approximate surface area is 143 Å². The van der Waals surface area contributed by atoms with Gasteiger partial charge < -0.3 is 5.73 Å². The Morgan fingerprint density at radius 2 is 1.88 bits per heavy atom. The van der Waals surface area contributed by atoms with E-state index in [0.717, 1.165) is 16.8 Å². The number of nitrogens with zero attached hydrogens (tertiary/aromatic N) is 5. The van der Waals surface area contributed by atoms with E-state index < -0.39 is 0 Å². The molecule has 3 heterocycles. The number of hydrogen-bond donors (Lipinski definition) is 1. The number of aromatic nitrogens is 5. The summed E-state index contributed by atoms with van der Waals surface area (Å²) in [5.41, 5.74) is 10.5. The van der Waals surface area contributed by atoms with Crippen LogP contribution in [-0.2, 0) is 7.05 Å². The molecule has 24 heavy (non-hydrogen) atoms. The molecule has 0 bridgehead atoms. The normalized spacial score (nSPS) is 11.1. The van der Waals surface area contributed by atoms with Gasteiger partial charge in [0, 0.05) is 24.4 Å². The highest BCUT2D eigenvalue weighted by Gasteiger charge is 2.17. The first-order valence-electron chi connectivity index (χ1n) is 7.29. The van der Waals surface area contributed by atoms with Crippen molar-refractivity contribution in [2.24, 2.45) is 7.05 Å². The number of nitrogens with two attached hydrogens (primary N) is 1. The largest absolute Gasteiger partial charge is 0.382 e. The molecular weight excluding hydrogens is 324 g/mol. The zero-order valence-electron chi connectivity index (χ0n) is 12.8. The van der Waals surface area contributed by atoms with Crippen LogP contribution in [0.3, 0.4) is 0 Å². The van der Waals surface area contributed by atoms with Crippen LogP contribution in [0.5, 0.6) is 0 Å². The van der Waals surface area contributed by atoms with Gasteiger partial charge in [-0.1, -0.05) is 41.9 Å². The molecule has 6 nitrogen and oxygen atoms in total. The molecule has 0 saturated carbocycles. The summed E-state index contributed by atoms with van der Waals surface area (Å²) in [6.45, 7) is 0. The van der Waals surface area contributed by atoms with Crippen LogP contribution in [0.1, 0.15) is 0 Å². The zero-order valence-corrected chi connectivity index (χ0v) is 13.6. The number of benzene rings is 1. The van der Waals surface area contributed by atoms with Crippen LogP contribution in [-0.4, -0.2) is 24.7 Å². The fourth-order valence-electron chi connectivity index (χ4n) is 2.64. The van der Waals surface area contributed by atoms with Gasteiger partial charge in [-0.3, -0.25) is 4.68 Å². The second-order valence-electron chi connectivity index (χ2n) is 5.38. The average molecular weight is 337 g/mol. The number of aryl methyl sites for hydroxylation is 1. The molecule has 0 saturated heterocycles. The molecule has 118 valence electrons. The van der Waals surface area contributed by atoms with E-state index in [1.807, 2.05) is 43.6 Å². The molecule has 3 aromatic heterocycles. The van der Waals surface area contributed by atoms with Gasteiger partial charge in [0.25, 0.3) is 0 Å². The number of pyridine rings is 1. The lowest BCUT2D eigenvalue weighted by atomic mass is 10.0. The molecule has 0 atom stereocenters. The van der Waals surface area contributed by atoms with Gasteiger partial charge in [0.2, 0.25) is 0 Å². The Morgan fingerprint density at radius 3 is 2.67 bits per heavy atom. The molecular formula is C17H13ClN6. The van der Waals surface area contributed by atoms with Crippen molar-refractivity contribution in [2.45, 2.75) is 0 Å². The van der Waals surface area contributed by atoms with Crippen molar-refractivity contribution in [1.82, 2.24) is 24.7 Å². The van der Waals surface area contributed by atoms with Crippen LogP contribution in [0.15, 0.2) is 48.9 Å². The van der Waals surface area contributed by atoms with E-state index in [9.17, 15) is 0 Å². The first-order valence-corrected chi connectivity index (χ1v) is 7.67. The van der Waals surface area contributed by atoms with Crippen molar-refractivity contribution in [3.8, 4) is 22.5 Å². The van der Waals surface area contributed by atoms with Gasteiger partial charge in [-0.25, -0.2) is 15.0 Å². The Kier molecular flexibility index (Phi) is 3.39. The van der Waals surface area contributed by atoms with E-state index in [1.165, 1.54) is 6.33 Å². The van der Waals surface area contributed by atoms with Crippen molar-refractivity contribution in [3.05, 3.63) is 53.9 Å². The van der Waals surface area contributed by atoms with Gasteiger partial charge in [-0.05, 0) is 6.07 Å². The fraction of sp³-hybridized carbons (Fsp3) is 0.0588. The fourth-order valence-corrected chi connectivity index (χ4v) is 2.79. The van der Waals surface area contributed by atoms with E-state index in [0.29, 0.717) is 21.7 Å². The summed E-state index contributed by atoms with van der Waals surface area (Å²) in [6.07, 6.45) is 3.41. The molecule has 0 aliphatic carbocycles. The second-order valence-corrected chi connectivity index (χ2v) is 5.78. The molecule has 7 heteroatoms. The molecule has 0 spiro atoms. The monoisotopic (exact) mass is 336 g/mol. The van der Waals surface area contributed by atoms with Crippen LogP contribution in [0.2, 0.25) is 5.02 Å². The molecule has 0 unspecified atom stereocenters. The van der Waals surface area contributed by atoms with Crippen LogP contribution in [0.4, 0.5) is 5.82 Å².